The molecule has 8 aromatic rings. The Morgan fingerprint density at radius 3 is 1.82 bits per heavy atom. The van der Waals surface area contributed by atoms with Crippen molar-refractivity contribution in [2.75, 3.05) is 0 Å². The largest absolute Gasteiger partial charge is 0.328 e. The van der Waals surface area contributed by atoms with Crippen molar-refractivity contribution in [1.82, 2.24) is 19.1 Å². The molecule has 2 heterocycles. The third-order valence-corrected chi connectivity index (χ3v) is 10.5. The van der Waals surface area contributed by atoms with E-state index >= 15 is 0 Å². The highest BCUT2D eigenvalue weighted by atomic mass is 16.1. The molecule has 0 spiro atoms. The van der Waals surface area contributed by atoms with Crippen molar-refractivity contribution >= 4 is 11.0 Å². The summed E-state index contributed by atoms with van der Waals surface area (Å²) in [5.74, 6) is 0.683. The van der Waals surface area contributed by atoms with E-state index in [1.807, 2.05) is 44.4 Å². The maximum atomic E-state index is 12.7. The fourth-order valence-electron chi connectivity index (χ4n) is 7.84. The van der Waals surface area contributed by atoms with Gasteiger partial charge in [0, 0.05) is 41.8 Å². The normalized spacial score (nSPS) is 14.9. The van der Waals surface area contributed by atoms with E-state index in [0.717, 1.165) is 50.2 Å². The first-order valence-corrected chi connectivity index (χ1v) is 16.9. The molecule has 1 atom stereocenters. The lowest BCUT2D eigenvalue weighted by Crippen LogP contribution is -2.22. The van der Waals surface area contributed by atoms with Crippen LogP contribution in [0.15, 0.2) is 156 Å². The lowest BCUT2D eigenvalue weighted by atomic mass is 9.74. The van der Waals surface area contributed by atoms with E-state index in [0.29, 0.717) is 5.82 Å². The van der Waals surface area contributed by atoms with Crippen LogP contribution in [0.4, 0.5) is 0 Å². The minimum absolute atomic E-state index is 0.0363. The second-order valence-corrected chi connectivity index (χ2v) is 13.3. The zero-order valence-electron chi connectivity index (χ0n) is 28.1. The smallest absolute Gasteiger partial charge is 0.295 e. The molecule has 2 aromatic heterocycles. The highest BCUT2D eigenvalue weighted by molar-refractivity contribution is 5.93. The Morgan fingerprint density at radius 2 is 1.08 bits per heavy atom. The molecule has 0 bridgehead atoms. The molecule has 0 amide bonds. The van der Waals surface area contributed by atoms with Crippen LogP contribution in [0.25, 0.3) is 67.2 Å². The number of nitrogens with zero attached hydrogens (tertiary/aromatic N) is 4. The van der Waals surface area contributed by atoms with Gasteiger partial charge in [-0.05, 0) is 58.5 Å². The van der Waals surface area contributed by atoms with Crippen LogP contribution < -0.4 is 5.69 Å². The van der Waals surface area contributed by atoms with Gasteiger partial charge in [0.2, 0.25) is 0 Å². The van der Waals surface area contributed by atoms with Gasteiger partial charge in [0.05, 0.1) is 22.4 Å². The fourth-order valence-corrected chi connectivity index (χ4v) is 7.84. The summed E-state index contributed by atoms with van der Waals surface area (Å²) in [5.41, 5.74) is 14.6. The number of aromatic nitrogens is 4. The van der Waals surface area contributed by atoms with Crippen molar-refractivity contribution in [3.8, 4) is 56.2 Å². The third kappa shape index (κ3) is 4.51. The second-order valence-electron chi connectivity index (χ2n) is 13.3. The zero-order chi connectivity index (χ0) is 34.0. The number of hydrogen-bond donors (Lipinski definition) is 0. The lowest BCUT2D eigenvalue weighted by molar-refractivity contribution is 0.714. The molecule has 0 fully saturated rings. The van der Waals surface area contributed by atoms with Gasteiger partial charge < -0.3 is 0 Å². The van der Waals surface area contributed by atoms with Crippen molar-refractivity contribution in [2.45, 2.75) is 12.3 Å². The molecule has 1 unspecified atom stereocenters. The summed E-state index contributed by atoms with van der Waals surface area (Å²) in [7, 11) is 3.64. The van der Waals surface area contributed by atoms with Crippen molar-refractivity contribution in [1.29, 1.82) is 0 Å². The molecule has 5 heteroatoms. The lowest BCUT2D eigenvalue weighted by Gasteiger charge is -2.28. The van der Waals surface area contributed by atoms with E-state index < -0.39 is 0 Å². The SMILES string of the molecule is Cn1c(=O)n(C)c2c(-c3ccc(-c4cc(-c5ccccc5)nc(-c5ccc6c(c5)-c5ccccc5C6(C)c5ccccc5)n4)cc3)cccc21. The van der Waals surface area contributed by atoms with Crippen LogP contribution in [0, 0.1) is 0 Å². The molecule has 5 nitrogen and oxygen atoms in total. The Balaban J connectivity index is 1.17. The predicted octanol–water partition coefficient (Wildman–Crippen LogP) is 9.67. The van der Waals surface area contributed by atoms with Crippen molar-refractivity contribution in [3.05, 3.63) is 179 Å². The van der Waals surface area contributed by atoms with Gasteiger partial charge in [-0.15, -0.1) is 0 Å². The first kappa shape index (κ1) is 29.8. The van der Waals surface area contributed by atoms with Gasteiger partial charge in [0.1, 0.15) is 0 Å². The van der Waals surface area contributed by atoms with Gasteiger partial charge in [-0.3, -0.25) is 9.13 Å². The van der Waals surface area contributed by atoms with Crippen LogP contribution in [0.5, 0.6) is 0 Å². The third-order valence-electron chi connectivity index (χ3n) is 10.5. The molecule has 0 saturated carbocycles. The summed E-state index contributed by atoms with van der Waals surface area (Å²) < 4.78 is 3.42. The summed E-state index contributed by atoms with van der Waals surface area (Å²) in [6.45, 7) is 2.33. The van der Waals surface area contributed by atoms with Crippen LogP contribution in [0.2, 0.25) is 0 Å². The van der Waals surface area contributed by atoms with E-state index in [1.165, 1.54) is 27.8 Å². The average Bonchev–Trinajstić information content (AvgIpc) is 3.58. The van der Waals surface area contributed by atoms with Gasteiger partial charge in [0.15, 0.2) is 5.82 Å². The zero-order valence-corrected chi connectivity index (χ0v) is 28.1. The molecular weight excluding hydrogens is 613 g/mol. The topological polar surface area (TPSA) is 52.7 Å². The van der Waals surface area contributed by atoms with E-state index in [2.05, 4.69) is 128 Å². The number of imidazole rings is 1. The number of benzene rings is 6. The Bertz CT molecular complexity index is 2640. The number of aryl methyl sites for hydroxylation is 2. The van der Waals surface area contributed by atoms with Gasteiger partial charge >= 0.3 is 5.69 Å². The Labute approximate surface area is 290 Å². The van der Waals surface area contributed by atoms with Crippen molar-refractivity contribution in [2.24, 2.45) is 14.1 Å². The quantitative estimate of drug-likeness (QED) is 0.187. The maximum Gasteiger partial charge on any atom is 0.328 e. The Morgan fingerprint density at radius 1 is 0.500 bits per heavy atom. The minimum Gasteiger partial charge on any atom is -0.295 e. The predicted molar refractivity (Wildman–Crippen MR) is 203 cm³/mol. The minimum atomic E-state index is -0.262. The summed E-state index contributed by atoms with van der Waals surface area (Å²) in [6.07, 6.45) is 0. The van der Waals surface area contributed by atoms with Crippen LogP contribution in [-0.4, -0.2) is 19.1 Å². The molecule has 6 aromatic carbocycles. The Kier molecular flexibility index (Phi) is 6.78. The molecule has 0 saturated heterocycles. The van der Waals surface area contributed by atoms with E-state index in [9.17, 15) is 4.79 Å². The van der Waals surface area contributed by atoms with Crippen LogP contribution in [0.1, 0.15) is 23.6 Å². The van der Waals surface area contributed by atoms with Crippen LogP contribution in [-0.2, 0) is 19.5 Å². The molecule has 240 valence electrons. The van der Waals surface area contributed by atoms with Crippen LogP contribution >= 0.6 is 0 Å². The van der Waals surface area contributed by atoms with Gasteiger partial charge in [-0.25, -0.2) is 14.8 Å². The van der Waals surface area contributed by atoms with Gasteiger partial charge in [-0.1, -0.05) is 133 Å². The number of fused-ring (bicyclic) bond motifs is 4. The molecule has 1 aliphatic carbocycles. The van der Waals surface area contributed by atoms with E-state index in [1.54, 1.807) is 9.13 Å². The maximum absolute atomic E-state index is 12.7. The molecule has 1 aliphatic rings. The molecule has 0 N–H and O–H groups in total. The summed E-state index contributed by atoms with van der Waals surface area (Å²) >= 11 is 0. The first-order chi connectivity index (χ1) is 24.4. The average molecular weight is 647 g/mol. The highest BCUT2D eigenvalue weighted by Gasteiger charge is 2.40. The molecular formula is C45H34N4O. The standard InChI is InChI=1S/C45H34N4O/c1-45(33-15-8-5-9-16-33)37-19-11-10-17-35(37)36-27-32(25-26-38(36)45)43-46-39(30-13-6-4-7-14-30)28-40(47-43)31-23-21-29(22-24-31)34-18-12-20-41-42(34)49(3)44(50)48(41)2/h4-28H,1-3H3. The van der Waals surface area contributed by atoms with Gasteiger partial charge in [0.25, 0.3) is 0 Å². The molecule has 0 radical (unpaired) electrons. The Hall–Kier alpha value is -6.33. The van der Waals surface area contributed by atoms with Crippen LogP contribution in [0.3, 0.4) is 0 Å². The summed E-state index contributed by atoms with van der Waals surface area (Å²) in [4.78, 5) is 23.1. The summed E-state index contributed by atoms with van der Waals surface area (Å²) in [6, 6.07) is 53.1. The molecule has 9 rings (SSSR count). The highest BCUT2D eigenvalue weighted by Crippen LogP contribution is 2.53. The van der Waals surface area contributed by atoms with Crippen molar-refractivity contribution in [3.63, 3.8) is 0 Å². The first-order valence-electron chi connectivity index (χ1n) is 16.9. The number of para-hydroxylation sites is 1. The van der Waals surface area contributed by atoms with Gasteiger partial charge in [-0.2, -0.15) is 0 Å². The van der Waals surface area contributed by atoms with Crippen molar-refractivity contribution < 1.29 is 0 Å². The number of hydrogen-bond acceptors (Lipinski definition) is 3. The molecule has 0 aliphatic heterocycles. The van der Waals surface area contributed by atoms with E-state index in [4.69, 9.17) is 9.97 Å². The second kappa shape index (κ2) is 11.4. The summed E-state index contributed by atoms with van der Waals surface area (Å²) in [5, 5.41) is 0. The monoisotopic (exact) mass is 646 g/mol. The number of rotatable bonds is 5. The fraction of sp³-hybridized carbons (Fsp3) is 0.0889. The van der Waals surface area contributed by atoms with E-state index in [-0.39, 0.29) is 11.1 Å². The molecule has 50 heavy (non-hydrogen) atoms.